The van der Waals surface area contributed by atoms with Gasteiger partial charge in [0.1, 0.15) is 5.82 Å². The van der Waals surface area contributed by atoms with Gasteiger partial charge in [-0.1, -0.05) is 17.7 Å². The second-order valence-electron chi connectivity index (χ2n) is 6.34. The Bertz CT molecular complexity index is 740. The Morgan fingerprint density at radius 1 is 1.00 bits per heavy atom. The van der Waals surface area contributed by atoms with Crippen molar-refractivity contribution >= 4 is 5.97 Å². The zero-order valence-electron chi connectivity index (χ0n) is 15.1. The lowest BCUT2D eigenvalue weighted by Gasteiger charge is -2.15. The molecule has 2 nitrogen and oxygen atoms in total. The average molecular weight is 328 g/mol. The van der Waals surface area contributed by atoms with Gasteiger partial charge in [0.25, 0.3) is 0 Å². The van der Waals surface area contributed by atoms with Gasteiger partial charge in [0.15, 0.2) is 0 Å². The van der Waals surface area contributed by atoms with Gasteiger partial charge < -0.3 is 4.74 Å². The van der Waals surface area contributed by atoms with E-state index in [1.54, 1.807) is 13.8 Å². The van der Waals surface area contributed by atoms with Crippen LogP contribution in [0.1, 0.15) is 41.2 Å². The fourth-order valence-corrected chi connectivity index (χ4v) is 3.27. The second-order valence-corrected chi connectivity index (χ2v) is 6.34. The number of aryl methyl sites for hydroxylation is 5. The van der Waals surface area contributed by atoms with Gasteiger partial charge in [-0.05, 0) is 86.6 Å². The van der Waals surface area contributed by atoms with Gasteiger partial charge in [0.05, 0.1) is 6.61 Å². The van der Waals surface area contributed by atoms with Gasteiger partial charge in [-0.15, -0.1) is 0 Å². The molecule has 3 heteroatoms. The third kappa shape index (κ3) is 4.02. The summed E-state index contributed by atoms with van der Waals surface area (Å²) in [5.41, 5.74) is 6.88. The van der Waals surface area contributed by atoms with E-state index in [1.165, 1.54) is 16.7 Å². The third-order valence-corrected chi connectivity index (χ3v) is 4.20. The highest BCUT2D eigenvalue weighted by molar-refractivity contribution is 5.73. The molecule has 2 aromatic carbocycles. The monoisotopic (exact) mass is 328 g/mol. The van der Waals surface area contributed by atoms with E-state index in [0.29, 0.717) is 24.2 Å². The quantitative estimate of drug-likeness (QED) is 0.703. The van der Waals surface area contributed by atoms with Crippen molar-refractivity contribution in [1.29, 1.82) is 0 Å². The molecule has 0 aromatic heterocycles. The van der Waals surface area contributed by atoms with E-state index in [9.17, 15) is 9.18 Å². The summed E-state index contributed by atoms with van der Waals surface area (Å²) in [6.45, 7) is 10.1. The van der Waals surface area contributed by atoms with Crippen LogP contribution in [-0.4, -0.2) is 12.6 Å². The number of hydrogen-bond acceptors (Lipinski definition) is 2. The molecular formula is C21H25FO2. The van der Waals surface area contributed by atoms with E-state index in [2.05, 4.69) is 32.9 Å². The van der Waals surface area contributed by atoms with Crippen LogP contribution in [0.25, 0.3) is 11.1 Å². The first-order valence-electron chi connectivity index (χ1n) is 8.36. The first-order valence-corrected chi connectivity index (χ1v) is 8.36. The molecule has 0 saturated heterocycles. The van der Waals surface area contributed by atoms with E-state index in [-0.39, 0.29) is 18.2 Å². The molecule has 0 spiro atoms. The molecule has 0 atom stereocenters. The molecule has 0 unspecified atom stereocenters. The van der Waals surface area contributed by atoms with Crippen LogP contribution in [0.15, 0.2) is 24.3 Å². The topological polar surface area (TPSA) is 26.3 Å². The molecule has 0 heterocycles. The van der Waals surface area contributed by atoms with Crippen molar-refractivity contribution in [3.05, 3.63) is 57.9 Å². The van der Waals surface area contributed by atoms with Crippen molar-refractivity contribution in [1.82, 2.24) is 0 Å². The first kappa shape index (κ1) is 18.2. The smallest absolute Gasteiger partial charge is 0.306 e. The van der Waals surface area contributed by atoms with Crippen LogP contribution in [-0.2, 0) is 16.0 Å². The summed E-state index contributed by atoms with van der Waals surface area (Å²) >= 11 is 0. The maximum Gasteiger partial charge on any atom is 0.306 e. The number of esters is 1. The number of rotatable bonds is 5. The van der Waals surface area contributed by atoms with Crippen LogP contribution in [0.4, 0.5) is 4.39 Å². The Labute approximate surface area is 143 Å². The van der Waals surface area contributed by atoms with Gasteiger partial charge in [-0.3, -0.25) is 4.79 Å². The minimum Gasteiger partial charge on any atom is -0.466 e. The van der Waals surface area contributed by atoms with Crippen molar-refractivity contribution < 1.29 is 13.9 Å². The van der Waals surface area contributed by atoms with Crippen molar-refractivity contribution in [3.8, 4) is 11.1 Å². The number of ether oxygens (including phenoxy) is 1. The fourth-order valence-electron chi connectivity index (χ4n) is 3.27. The summed E-state index contributed by atoms with van der Waals surface area (Å²) < 4.78 is 19.4. The minimum atomic E-state index is -0.289. The summed E-state index contributed by atoms with van der Waals surface area (Å²) in [5.74, 6) is -0.520. The minimum absolute atomic E-state index is 0.194. The molecule has 0 amide bonds. The van der Waals surface area contributed by atoms with Crippen LogP contribution >= 0.6 is 0 Å². The van der Waals surface area contributed by atoms with Crippen LogP contribution in [0, 0.1) is 33.5 Å². The number of halogens is 1. The summed E-state index contributed by atoms with van der Waals surface area (Å²) in [7, 11) is 0. The maximum absolute atomic E-state index is 14.4. The Morgan fingerprint density at radius 2 is 1.62 bits per heavy atom. The lowest BCUT2D eigenvalue weighted by Crippen LogP contribution is -2.06. The Morgan fingerprint density at radius 3 is 2.21 bits per heavy atom. The number of carbonyl (C=O) groups is 1. The molecule has 0 aliphatic heterocycles. The second kappa shape index (κ2) is 7.61. The lowest BCUT2D eigenvalue weighted by molar-refractivity contribution is -0.143. The molecule has 0 fully saturated rings. The van der Waals surface area contributed by atoms with Crippen molar-refractivity contribution in [3.63, 3.8) is 0 Å². The Kier molecular flexibility index (Phi) is 5.76. The van der Waals surface area contributed by atoms with E-state index >= 15 is 0 Å². The van der Waals surface area contributed by atoms with E-state index < -0.39 is 0 Å². The largest absolute Gasteiger partial charge is 0.466 e. The molecule has 0 aliphatic rings. The van der Waals surface area contributed by atoms with Gasteiger partial charge in [0, 0.05) is 6.42 Å². The molecule has 0 radical (unpaired) electrons. The van der Waals surface area contributed by atoms with Gasteiger partial charge in [0.2, 0.25) is 0 Å². The predicted molar refractivity (Wildman–Crippen MR) is 95.7 cm³/mol. The van der Waals surface area contributed by atoms with Gasteiger partial charge in [-0.25, -0.2) is 4.39 Å². The van der Waals surface area contributed by atoms with Gasteiger partial charge in [-0.2, -0.15) is 0 Å². The molecule has 0 saturated carbocycles. The van der Waals surface area contributed by atoms with E-state index in [0.717, 1.165) is 11.1 Å². The fraction of sp³-hybridized carbons (Fsp3) is 0.381. The Balaban J connectivity index is 2.41. The molecule has 24 heavy (non-hydrogen) atoms. The first-order chi connectivity index (χ1) is 11.3. The highest BCUT2D eigenvalue weighted by Gasteiger charge is 2.14. The maximum atomic E-state index is 14.4. The molecular weight excluding hydrogens is 303 g/mol. The van der Waals surface area contributed by atoms with E-state index in [1.807, 2.05) is 12.1 Å². The Hall–Kier alpha value is -2.16. The predicted octanol–water partition coefficient (Wildman–Crippen LogP) is 5.22. The molecule has 2 rings (SSSR count). The number of carbonyl (C=O) groups excluding carboxylic acids is 1. The van der Waals surface area contributed by atoms with E-state index in [4.69, 9.17) is 4.74 Å². The van der Waals surface area contributed by atoms with Crippen LogP contribution in [0.3, 0.4) is 0 Å². The van der Waals surface area contributed by atoms with Crippen LogP contribution in [0.5, 0.6) is 0 Å². The van der Waals surface area contributed by atoms with Crippen LogP contribution < -0.4 is 0 Å². The third-order valence-electron chi connectivity index (χ3n) is 4.20. The number of hydrogen-bond donors (Lipinski definition) is 0. The zero-order chi connectivity index (χ0) is 17.9. The standard InChI is InChI=1S/C21H25FO2/c1-6-24-19(23)8-7-17-12-18(11-16(5)21(17)22)20-14(3)9-13(2)10-15(20)4/h9-12H,6-8H2,1-5H3. The van der Waals surface area contributed by atoms with Crippen LogP contribution in [0.2, 0.25) is 0 Å². The summed E-state index contributed by atoms with van der Waals surface area (Å²) in [5, 5.41) is 0. The van der Waals surface area contributed by atoms with Crippen molar-refractivity contribution in [2.45, 2.75) is 47.5 Å². The average Bonchev–Trinajstić information content (AvgIpc) is 2.48. The summed E-state index contributed by atoms with van der Waals surface area (Å²) in [4.78, 5) is 11.6. The lowest BCUT2D eigenvalue weighted by atomic mass is 9.91. The summed E-state index contributed by atoms with van der Waals surface area (Å²) in [6.07, 6.45) is 0.544. The normalized spacial score (nSPS) is 10.8. The summed E-state index contributed by atoms with van der Waals surface area (Å²) in [6, 6.07) is 8.03. The molecule has 0 bridgehead atoms. The molecule has 0 N–H and O–H groups in total. The highest BCUT2D eigenvalue weighted by Crippen LogP contribution is 2.31. The molecule has 0 aliphatic carbocycles. The SMILES string of the molecule is CCOC(=O)CCc1cc(-c2c(C)cc(C)cc2C)cc(C)c1F. The van der Waals surface area contributed by atoms with Crippen molar-refractivity contribution in [2.75, 3.05) is 6.61 Å². The van der Waals surface area contributed by atoms with Gasteiger partial charge >= 0.3 is 5.97 Å². The zero-order valence-corrected chi connectivity index (χ0v) is 15.1. The highest BCUT2D eigenvalue weighted by atomic mass is 19.1. The van der Waals surface area contributed by atoms with Crippen molar-refractivity contribution in [2.24, 2.45) is 0 Å². The molecule has 128 valence electrons. The molecule has 2 aromatic rings. The number of benzene rings is 2.